The van der Waals surface area contributed by atoms with E-state index in [1.165, 1.54) is 52.9 Å². The predicted octanol–water partition coefficient (Wildman–Crippen LogP) is 0.0689. The molecule has 3 rings (SSSR count). The molecule has 0 radical (unpaired) electrons. The summed E-state index contributed by atoms with van der Waals surface area (Å²) in [6, 6.07) is 14.0. The Labute approximate surface area is 245 Å². The predicted molar refractivity (Wildman–Crippen MR) is 136 cm³/mol. The molecule has 0 bridgehead atoms. The molecule has 0 saturated heterocycles. The zero-order chi connectivity index (χ0) is 27.4. The minimum Gasteiger partial charge on any atom is -0.546 e. The van der Waals surface area contributed by atoms with Crippen LogP contribution in [0.4, 0.5) is 0 Å². The molecule has 0 N–H and O–H groups in total. The number of aliphatic carboxylic acids is 1. The first-order valence-electron chi connectivity index (χ1n) is 12.3. The van der Waals surface area contributed by atoms with Gasteiger partial charge < -0.3 is 19.4 Å². The summed E-state index contributed by atoms with van der Waals surface area (Å²) in [5.74, 6) is -1.32. The number of hydrogen-bond donors (Lipinski definition) is 0. The van der Waals surface area contributed by atoms with Crippen molar-refractivity contribution in [2.24, 2.45) is 0 Å². The van der Waals surface area contributed by atoms with Gasteiger partial charge in [0.15, 0.2) is 12.4 Å². The number of carboxylic acid groups (broad SMARTS) is 1. The molecule has 1 heterocycles. The van der Waals surface area contributed by atoms with Crippen LogP contribution in [0.15, 0.2) is 53.3 Å². The molecule has 0 spiro atoms. The summed E-state index contributed by atoms with van der Waals surface area (Å²) in [6.07, 6.45) is 0.719. The van der Waals surface area contributed by atoms with Crippen molar-refractivity contribution >= 4 is 11.9 Å². The molecule has 0 fully saturated rings. The molecule has 0 aliphatic rings. The van der Waals surface area contributed by atoms with Gasteiger partial charge in [-0.15, -0.1) is 0 Å². The van der Waals surface area contributed by atoms with Crippen LogP contribution in [0.5, 0.6) is 5.75 Å². The van der Waals surface area contributed by atoms with E-state index in [2.05, 4.69) is 38.0 Å². The smallest absolute Gasteiger partial charge is 0.546 e. The van der Waals surface area contributed by atoms with E-state index in [0.29, 0.717) is 18.9 Å². The van der Waals surface area contributed by atoms with E-state index >= 15 is 0 Å². The van der Waals surface area contributed by atoms with Crippen LogP contribution in [-0.2, 0) is 34.6 Å². The first-order valence-corrected chi connectivity index (χ1v) is 12.3. The first kappa shape index (κ1) is 31.3. The van der Waals surface area contributed by atoms with Crippen LogP contribution in [0, 0.1) is 0 Å². The van der Waals surface area contributed by atoms with Crippen molar-refractivity contribution in [1.82, 2.24) is 14.3 Å². The first-order chi connectivity index (χ1) is 17.3. The molecule has 1 aromatic heterocycles. The molecule has 2 aromatic carbocycles. The second kappa shape index (κ2) is 12.8. The summed E-state index contributed by atoms with van der Waals surface area (Å²) in [5, 5.41) is 15.6. The Bertz CT molecular complexity index is 1300. The van der Waals surface area contributed by atoms with Gasteiger partial charge in [0.1, 0.15) is 11.4 Å². The van der Waals surface area contributed by atoms with Gasteiger partial charge in [-0.1, -0.05) is 52.0 Å². The van der Waals surface area contributed by atoms with Crippen molar-refractivity contribution in [3.8, 4) is 5.75 Å². The molecule has 0 aliphatic heterocycles. The van der Waals surface area contributed by atoms with E-state index in [1.807, 2.05) is 19.1 Å². The standard InChI is InChI=1S/C28H35N3O6.Na/c1-7-16-30-23(29-31(26(30)35)17-19-8-12-21(13-9-19)27(2,3)4)18-36-24(32)20-10-14-22(15-11-20)37-28(5,6)25(33)34;/h8-15H,7,16-18H2,1-6H3,(H,33,34);/q;+1/p-1. The third-order valence-electron chi connectivity index (χ3n) is 5.89. The van der Waals surface area contributed by atoms with Crippen LogP contribution in [0.2, 0.25) is 0 Å². The Hall–Kier alpha value is -2.88. The van der Waals surface area contributed by atoms with Crippen LogP contribution in [-0.4, -0.2) is 31.9 Å². The summed E-state index contributed by atoms with van der Waals surface area (Å²) >= 11 is 0. The van der Waals surface area contributed by atoms with Crippen molar-refractivity contribution in [3.63, 3.8) is 0 Å². The summed E-state index contributed by atoms with van der Waals surface area (Å²) in [6.45, 7) is 11.7. The fourth-order valence-electron chi connectivity index (χ4n) is 3.64. The maximum Gasteiger partial charge on any atom is 1.00 e. The second-order valence-corrected chi connectivity index (χ2v) is 10.5. The second-order valence-electron chi connectivity index (χ2n) is 10.5. The molecule has 198 valence electrons. The largest absolute Gasteiger partial charge is 1.00 e. The van der Waals surface area contributed by atoms with E-state index in [1.54, 1.807) is 0 Å². The third-order valence-corrected chi connectivity index (χ3v) is 5.89. The van der Waals surface area contributed by atoms with Gasteiger partial charge in [0, 0.05) is 6.54 Å². The van der Waals surface area contributed by atoms with Gasteiger partial charge >= 0.3 is 41.2 Å². The van der Waals surface area contributed by atoms with E-state index in [9.17, 15) is 19.5 Å². The van der Waals surface area contributed by atoms with Gasteiger partial charge in [-0.3, -0.25) is 4.57 Å². The number of nitrogens with zero attached hydrogens (tertiary/aromatic N) is 3. The average molecular weight is 532 g/mol. The number of benzene rings is 2. The maximum absolute atomic E-state index is 13.0. The molecule has 0 unspecified atom stereocenters. The Balaban J connectivity index is 0.00000507. The third kappa shape index (κ3) is 7.82. The molecule has 10 heteroatoms. The van der Waals surface area contributed by atoms with Gasteiger partial charge in [-0.05, 0) is 61.1 Å². The summed E-state index contributed by atoms with van der Waals surface area (Å²) in [4.78, 5) is 36.7. The number of ether oxygens (including phenoxy) is 2. The number of hydrogen-bond acceptors (Lipinski definition) is 7. The normalized spacial score (nSPS) is 11.5. The molecular weight excluding hydrogens is 497 g/mol. The monoisotopic (exact) mass is 531 g/mol. The Morgan fingerprint density at radius 2 is 1.58 bits per heavy atom. The number of esters is 1. The number of rotatable bonds is 10. The van der Waals surface area contributed by atoms with Crippen molar-refractivity contribution in [1.29, 1.82) is 0 Å². The molecule has 0 atom stereocenters. The van der Waals surface area contributed by atoms with Crippen LogP contribution in [0.3, 0.4) is 0 Å². The van der Waals surface area contributed by atoms with Crippen LogP contribution in [0.1, 0.15) is 75.3 Å². The summed E-state index contributed by atoms with van der Waals surface area (Å²) in [5.41, 5.74) is 0.665. The zero-order valence-electron chi connectivity index (χ0n) is 23.2. The fraction of sp³-hybridized carbons (Fsp3) is 0.429. The number of carbonyl (C=O) groups excluding carboxylic acids is 2. The molecule has 38 heavy (non-hydrogen) atoms. The Morgan fingerprint density at radius 1 is 0.974 bits per heavy atom. The van der Waals surface area contributed by atoms with Gasteiger partial charge in [-0.2, -0.15) is 5.10 Å². The van der Waals surface area contributed by atoms with E-state index < -0.39 is 17.5 Å². The maximum atomic E-state index is 13.0. The minimum atomic E-state index is -1.52. The number of carboxylic acids is 1. The van der Waals surface area contributed by atoms with Gasteiger partial charge in [0.2, 0.25) is 0 Å². The van der Waals surface area contributed by atoms with Gasteiger partial charge in [0.05, 0.1) is 18.1 Å². The summed E-state index contributed by atoms with van der Waals surface area (Å²) < 4.78 is 13.7. The average Bonchev–Trinajstić information content (AvgIpc) is 3.12. The van der Waals surface area contributed by atoms with Gasteiger partial charge in [-0.25, -0.2) is 14.3 Å². The molecule has 3 aromatic rings. The van der Waals surface area contributed by atoms with Crippen LogP contribution in [0.25, 0.3) is 0 Å². The Morgan fingerprint density at radius 3 is 2.11 bits per heavy atom. The minimum absolute atomic E-state index is 0. The topological polar surface area (TPSA) is 115 Å². The zero-order valence-corrected chi connectivity index (χ0v) is 25.2. The Kier molecular flexibility index (Phi) is 10.5. The van der Waals surface area contributed by atoms with Crippen LogP contribution < -0.4 is 45.1 Å². The van der Waals surface area contributed by atoms with E-state index in [4.69, 9.17) is 9.47 Å². The number of aromatic nitrogens is 3. The van der Waals surface area contributed by atoms with Crippen molar-refractivity contribution in [2.45, 2.75) is 78.7 Å². The fourth-order valence-corrected chi connectivity index (χ4v) is 3.64. The van der Waals surface area contributed by atoms with E-state index in [-0.39, 0.29) is 58.6 Å². The molecule has 0 saturated carbocycles. The molecular formula is C28H34N3NaO6. The molecule has 0 aliphatic carbocycles. The quantitative estimate of drug-likeness (QED) is 0.269. The van der Waals surface area contributed by atoms with Gasteiger partial charge in [0.25, 0.3) is 0 Å². The van der Waals surface area contributed by atoms with E-state index in [0.717, 1.165) is 12.0 Å². The molecule has 9 nitrogen and oxygen atoms in total. The summed E-state index contributed by atoms with van der Waals surface area (Å²) in [7, 11) is 0. The molecule has 0 amide bonds. The van der Waals surface area contributed by atoms with Crippen molar-refractivity contribution in [2.75, 3.05) is 0 Å². The van der Waals surface area contributed by atoms with Crippen LogP contribution >= 0.6 is 0 Å². The van der Waals surface area contributed by atoms with Crippen molar-refractivity contribution in [3.05, 3.63) is 81.5 Å². The van der Waals surface area contributed by atoms with Crippen molar-refractivity contribution < 1.29 is 53.7 Å². The SMILES string of the molecule is CCCn1c(COC(=O)c2ccc(OC(C)(C)C(=O)[O-])cc2)nn(Cc2ccc(C(C)(C)C)cc2)c1=O.[Na+]. The number of carbonyl (C=O) groups is 2.